The molecule has 3 nitrogen and oxygen atoms in total. The lowest BCUT2D eigenvalue weighted by Crippen LogP contribution is -2.11. The molecule has 132 valence electrons. The molecule has 3 aromatic carbocycles. The van der Waals surface area contributed by atoms with Gasteiger partial charge in [-0.1, -0.05) is 30.3 Å². The van der Waals surface area contributed by atoms with Crippen LogP contribution >= 0.6 is 0 Å². The maximum Gasteiger partial charge on any atom is 0.249 e. The first-order chi connectivity index (χ1) is 13.1. The Morgan fingerprint density at radius 3 is 2.48 bits per heavy atom. The molecule has 1 heterocycles. The average Bonchev–Trinajstić information content (AvgIpc) is 2.63. The Morgan fingerprint density at radius 1 is 0.889 bits per heavy atom. The van der Waals surface area contributed by atoms with Crippen molar-refractivity contribution in [1.82, 2.24) is 4.98 Å². The Hall–Kier alpha value is -3.33. The largest absolute Gasteiger partial charge is 0.355 e. The number of nitrogens with one attached hydrogen (secondary N) is 2. The van der Waals surface area contributed by atoms with E-state index in [2.05, 4.69) is 66.6 Å². The monoisotopic (exact) mass is 352 g/mol. The van der Waals surface area contributed by atoms with Crippen LogP contribution in [0.4, 0.5) is 11.4 Å². The first-order valence-corrected chi connectivity index (χ1v) is 9.21. The van der Waals surface area contributed by atoms with Crippen LogP contribution in [0.1, 0.15) is 22.3 Å². The maximum atomic E-state index is 12.2. The number of hydrogen-bond acceptors (Lipinski definition) is 2. The highest BCUT2D eigenvalue weighted by atomic mass is 16.1. The van der Waals surface area contributed by atoms with E-state index in [0.29, 0.717) is 0 Å². The van der Waals surface area contributed by atoms with E-state index in [1.807, 2.05) is 12.1 Å². The quantitative estimate of drug-likeness (QED) is 0.443. The zero-order valence-corrected chi connectivity index (χ0v) is 15.4. The van der Waals surface area contributed by atoms with Gasteiger partial charge in [-0.05, 0) is 71.5 Å². The fourth-order valence-electron chi connectivity index (χ4n) is 4.27. The standard InChI is InChI=1S/C24H20N2O/c1-14-9-15(2)11-17(10-14)25-21-7-8-22-24-19(13-23(27)26-22)18-6-4-3-5-16(18)12-20(21)24/h3-11,13,25H,12H2,1-2H3,(H,26,27). The molecule has 1 aliphatic carbocycles. The van der Waals surface area contributed by atoms with Crippen molar-refractivity contribution in [1.29, 1.82) is 0 Å². The van der Waals surface area contributed by atoms with E-state index in [1.54, 1.807) is 6.07 Å². The summed E-state index contributed by atoms with van der Waals surface area (Å²) in [6.07, 6.45) is 0.847. The van der Waals surface area contributed by atoms with Gasteiger partial charge in [0.1, 0.15) is 0 Å². The van der Waals surface area contributed by atoms with Crippen molar-refractivity contribution < 1.29 is 0 Å². The molecule has 3 heteroatoms. The van der Waals surface area contributed by atoms with Gasteiger partial charge in [-0.2, -0.15) is 0 Å². The number of hydrogen-bond donors (Lipinski definition) is 2. The van der Waals surface area contributed by atoms with Gasteiger partial charge in [-0.15, -0.1) is 0 Å². The Balaban J connectivity index is 1.75. The van der Waals surface area contributed by atoms with Crippen molar-refractivity contribution in [3.8, 4) is 11.1 Å². The Kier molecular flexibility index (Phi) is 3.44. The zero-order valence-electron chi connectivity index (χ0n) is 15.4. The summed E-state index contributed by atoms with van der Waals surface area (Å²) in [5.41, 5.74) is 10.2. The number of H-pyrrole nitrogens is 1. The third-order valence-corrected chi connectivity index (χ3v) is 5.29. The smallest absolute Gasteiger partial charge is 0.249 e. The van der Waals surface area contributed by atoms with Crippen molar-refractivity contribution in [3.63, 3.8) is 0 Å². The molecule has 27 heavy (non-hydrogen) atoms. The van der Waals surface area contributed by atoms with Crippen LogP contribution in [0, 0.1) is 13.8 Å². The molecule has 0 aliphatic heterocycles. The van der Waals surface area contributed by atoms with Gasteiger partial charge in [0.15, 0.2) is 0 Å². The minimum absolute atomic E-state index is 0.0600. The summed E-state index contributed by atoms with van der Waals surface area (Å²) in [5, 5.41) is 4.75. The van der Waals surface area contributed by atoms with Crippen LogP contribution in [-0.2, 0) is 6.42 Å². The summed E-state index contributed by atoms with van der Waals surface area (Å²) in [6.45, 7) is 4.23. The number of pyridine rings is 1. The summed E-state index contributed by atoms with van der Waals surface area (Å²) in [6, 6.07) is 20.7. The number of rotatable bonds is 2. The molecule has 0 bridgehead atoms. The lowest BCUT2D eigenvalue weighted by atomic mass is 9.84. The van der Waals surface area contributed by atoms with Gasteiger partial charge < -0.3 is 10.3 Å². The molecule has 0 saturated heterocycles. The summed E-state index contributed by atoms with van der Waals surface area (Å²) in [7, 11) is 0. The van der Waals surface area contributed by atoms with Crippen molar-refractivity contribution in [2.75, 3.05) is 5.32 Å². The third-order valence-electron chi connectivity index (χ3n) is 5.29. The average molecular weight is 352 g/mol. The maximum absolute atomic E-state index is 12.2. The van der Waals surface area contributed by atoms with Gasteiger partial charge in [-0.25, -0.2) is 0 Å². The molecule has 1 aromatic heterocycles. The summed E-state index contributed by atoms with van der Waals surface area (Å²) in [4.78, 5) is 15.2. The summed E-state index contributed by atoms with van der Waals surface area (Å²) in [5.74, 6) is 0. The molecule has 0 radical (unpaired) electrons. The van der Waals surface area contributed by atoms with E-state index >= 15 is 0 Å². The highest BCUT2D eigenvalue weighted by Gasteiger charge is 2.21. The van der Waals surface area contributed by atoms with Crippen molar-refractivity contribution in [2.45, 2.75) is 20.3 Å². The van der Waals surface area contributed by atoms with Crippen molar-refractivity contribution in [3.05, 3.63) is 93.3 Å². The molecule has 1 aliphatic rings. The molecule has 0 saturated carbocycles. The van der Waals surface area contributed by atoms with Crippen LogP contribution in [0.5, 0.6) is 0 Å². The van der Waals surface area contributed by atoms with E-state index in [-0.39, 0.29) is 5.56 Å². The number of anilines is 2. The molecule has 0 unspecified atom stereocenters. The first-order valence-electron chi connectivity index (χ1n) is 9.21. The Bertz CT molecular complexity index is 1250. The summed E-state index contributed by atoms with van der Waals surface area (Å²) >= 11 is 0. The van der Waals surface area contributed by atoms with Crippen molar-refractivity contribution >= 4 is 22.3 Å². The van der Waals surface area contributed by atoms with Crippen LogP contribution < -0.4 is 10.9 Å². The van der Waals surface area contributed by atoms with Gasteiger partial charge in [0, 0.05) is 34.8 Å². The number of fused-ring (bicyclic) bond motifs is 2. The van der Waals surface area contributed by atoms with Crippen LogP contribution in [0.2, 0.25) is 0 Å². The highest BCUT2D eigenvalue weighted by Crippen LogP contribution is 2.41. The predicted octanol–water partition coefficient (Wildman–Crippen LogP) is 5.46. The molecular formula is C24H20N2O. The second-order valence-electron chi connectivity index (χ2n) is 7.40. The van der Waals surface area contributed by atoms with Gasteiger partial charge in [0.2, 0.25) is 5.56 Å². The second-order valence-corrected chi connectivity index (χ2v) is 7.40. The molecule has 0 fully saturated rings. The number of aryl methyl sites for hydroxylation is 2. The molecular weight excluding hydrogens is 332 g/mol. The lowest BCUT2D eigenvalue weighted by molar-refractivity contribution is 1.18. The second kappa shape index (κ2) is 5.85. The fourth-order valence-corrected chi connectivity index (χ4v) is 4.27. The van der Waals surface area contributed by atoms with Crippen LogP contribution in [0.15, 0.2) is 65.5 Å². The van der Waals surface area contributed by atoms with Crippen LogP contribution in [0.25, 0.3) is 22.0 Å². The van der Waals surface area contributed by atoms with E-state index in [9.17, 15) is 4.79 Å². The molecule has 5 rings (SSSR count). The normalized spacial score (nSPS) is 12.1. The molecule has 4 aromatic rings. The SMILES string of the molecule is Cc1cc(C)cc(Nc2ccc3[nH]c(=O)cc4c3c2Cc2ccccc2-4)c1. The Labute approximate surface area is 157 Å². The zero-order chi connectivity index (χ0) is 18.5. The summed E-state index contributed by atoms with van der Waals surface area (Å²) < 4.78 is 0. The molecule has 0 spiro atoms. The molecule has 2 N–H and O–H groups in total. The van der Waals surface area contributed by atoms with Gasteiger partial charge in [0.25, 0.3) is 0 Å². The van der Waals surface area contributed by atoms with Crippen LogP contribution in [0.3, 0.4) is 0 Å². The topological polar surface area (TPSA) is 44.9 Å². The number of aromatic nitrogens is 1. The molecule has 0 amide bonds. The van der Waals surface area contributed by atoms with Gasteiger partial charge in [-0.3, -0.25) is 4.79 Å². The lowest BCUT2D eigenvalue weighted by Gasteiger charge is -2.23. The number of aromatic amines is 1. The number of benzene rings is 3. The minimum atomic E-state index is -0.0600. The minimum Gasteiger partial charge on any atom is -0.355 e. The van der Waals surface area contributed by atoms with Crippen LogP contribution in [-0.4, -0.2) is 4.98 Å². The highest BCUT2D eigenvalue weighted by molar-refractivity contribution is 6.02. The predicted molar refractivity (Wildman–Crippen MR) is 112 cm³/mol. The molecule has 0 atom stereocenters. The van der Waals surface area contributed by atoms with E-state index in [4.69, 9.17) is 0 Å². The van der Waals surface area contributed by atoms with E-state index < -0.39 is 0 Å². The third kappa shape index (κ3) is 2.63. The Morgan fingerprint density at radius 2 is 1.67 bits per heavy atom. The first kappa shape index (κ1) is 15.9. The van der Waals surface area contributed by atoms with E-state index in [0.717, 1.165) is 39.8 Å². The van der Waals surface area contributed by atoms with Gasteiger partial charge in [0.05, 0.1) is 0 Å². The van der Waals surface area contributed by atoms with Crippen molar-refractivity contribution in [2.24, 2.45) is 0 Å². The fraction of sp³-hybridized carbons (Fsp3) is 0.125. The van der Waals surface area contributed by atoms with E-state index in [1.165, 1.54) is 22.3 Å². The van der Waals surface area contributed by atoms with Gasteiger partial charge >= 0.3 is 0 Å².